The molecule has 40 heavy (non-hydrogen) atoms. The van der Waals surface area contributed by atoms with Gasteiger partial charge in [0.2, 0.25) is 0 Å². The quantitative estimate of drug-likeness (QED) is 0.250. The SMILES string of the molecule is CCOC(=O)Cc1ccc(OC)c(-c2ccc(-c3cnn(C)c3)cc2CN(CC)C(=O)NCc2ccccc2)c1. The molecule has 0 atom stereocenters. The molecule has 1 heterocycles. The number of ether oxygens (including phenoxy) is 2. The molecular weight excluding hydrogens is 504 g/mol. The summed E-state index contributed by atoms with van der Waals surface area (Å²) in [6.45, 7) is 5.45. The fourth-order valence-electron chi connectivity index (χ4n) is 4.61. The topological polar surface area (TPSA) is 85.7 Å². The summed E-state index contributed by atoms with van der Waals surface area (Å²) in [7, 11) is 3.51. The summed E-state index contributed by atoms with van der Waals surface area (Å²) in [5.41, 5.74) is 6.55. The van der Waals surface area contributed by atoms with E-state index in [4.69, 9.17) is 9.47 Å². The maximum Gasteiger partial charge on any atom is 0.317 e. The Morgan fingerprint density at radius 2 is 1.75 bits per heavy atom. The number of nitrogens with one attached hydrogen (secondary N) is 1. The number of methoxy groups -OCH3 is 1. The lowest BCUT2D eigenvalue weighted by molar-refractivity contribution is -0.142. The molecule has 0 unspecified atom stereocenters. The fraction of sp³-hybridized carbons (Fsp3) is 0.281. The minimum atomic E-state index is -0.280. The second-order valence-corrected chi connectivity index (χ2v) is 9.45. The Bertz CT molecular complexity index is 1450. The highest BCUT2D eigenvalue weighted by molar-refractivity contribution is 5.80. The summed E-state index contributed by atoms with van der Waals surface area (Å²) in [4.78, 5) is 27.2. The van der Waals surface area contributed by atoms with Crippen molar-refractivity contribution >= 4 is 12.0 Å². The molecule has 2 amide bonds. The highest BCUT2D eigenvalue weighted by Crippen LogP contribution is 2.36. The van der Waals surface area contributed by atoms with Crippen LogP contribution in [0.4, 0.5) is 4.79 Å². The van der Waals surface area contributed by atoms with Crippen LogP contribution in [0, 0.1) is 0 Å². The lowest BCUT2D eigenvalue weighted by atomic mass is 9.93. The molecule has 0 spiro atoms. The van der Waals surface area contributed by atoms with Crippen molar-refractivity contribution in [3.8, 4) is 28.0 Å². The van der Waals surface area contributed by atoms with Gasteiger partial charge in [0.1, 0.15) is 5.75 Å². The van der Waals surface area contributed by atoms with Crippen molar-refractivity contribution in [1.82, 2.24) is 20.0 Å². The molecule has 0 aliphatic heterocycles. The molecule has 1 aromatic heterocycles. The van der Waals surface area contributed by atoms with Gasteiger partial charge >= 0.3 is 12.0 Å². The van der Waals surface area contributed by atoms with Crippen molar-refractivity contribution < 1.29 is 19.1 Å². The van der Waals surface area contributed by atoms with Gasteiger partial charge in [0.25, 0.3) is 0 Å². The first-order valence-electron chi connectivity index (χ1n) is 13.4. The van der Waals surface area contributed by atoms with Gasteiger partial charge in [-0.2, -0.15) is 5.10 Å². The summed E-state index contributed by atoms with van der Waals surface area (Å²) in [6.07, 6.45) is 3.95. The summed E-state index contributed by atoms with van der Waals surface area (Å²) < 4.78 is 12.6. The van der Waals surface area contributed by atoms with Gasteiger partial charge in [-0.3, -0.25) is 9.48 Å². The van der Waals surface area contributed by atoms with Crippen molar-refractivity contribution in [2.24, 2.45) is 7.05 Å². The van der Waals surface area contributed by atoms with Crippen LogP contribution in [0.25, 0.3) is 22.3 Å². The van der Waals surface area contributed by atoms with Gasteiger partial charge in [-0.05, 0) is 59.9 Å². The zero-order chi connectivity index (χ0) is 28.5. The van der Waals surface area contributed by atoms with Crippen LogP contribution in [0.1, 0.15) is 30.5 Å². The number of esters is 1. The number of rotatable bonds is 11. The Hall–Kier alpha value is -4.59. The number of urea groups is 1. The number of hydrogen-bond donors (Lipinski definition) is 1. The normalized spacial score (nSPS) is 10.7. The van der Waals surface area contributed by atoms with Crippen LogP contribution in [-0.4, -0.2) is 46.9 Å². The number of aromatic nitrogens is 2. The van der Waals surface area contributed by atoms with Crippen LogP contribution in [0.15, 0.2) is 79.1 Å². The maximum atomic E-state index is 13.2. The third-order valence-electron chi connectivity index (χ3n) is 6.67. The predicted octanol–water partition coefficient (Wildman–Crippen LogP) is 5.60. The summed E-state index contributed by atoms with van der Waals surface area (Å²) in [5, 5.41) is 7.36. The van der Waals surface area contributed by atoms with Crippen LogP contribution in [0.3, 0.4) is 0 Å². The third kappa shape index (κ3) is 7.08. The second-order valence-electron chi connectivity index (χ2n) is 9.45. The molecule has 0 radical (unpaired) electrons. The summed E-state index contributed by atoms with van der Waals surface area (Å²) >= 11 is 0. The molecule has 0 fully saturated rings. The lowest BCUT2D eigenvalue weighted by Crippen LogP contribution is -2.39. The Balaban J connectivity index is 1.70. The Morgan fingerprint density at radius 3 is 2.42 bits per heavy atom. The van der Waals surface area contributed by atoms with E-state index in [0.717, 1.165) is 38.9 Å². The highest BCUT2D eigenvalue weighted by Gasteiger charge is 2.19. The van der Waals surface area contributed by atoms with Crippen molar-refractivity contribution in [3.05, 3.63) is 95.8 Å². The van der Waals surface area contributed by atoms with E-state index in [-0.39, 0.29) is 18.4 Å². The molecule has 4 rings (SSSR count). The fourth-order valence-corrected chi connectivity index (χ4v) is 4.61. The molecule has 8 nitrogen and oxygen atoms in total. The molecule has 0 aliphatic carbocycles. The van der Waals surface area contributed by atoms with Gasteiger partial charge in [0.15, 0.2) is 0 Å². The van der Waals surface area contributed by atoms with E-state index in [1.807, 2.05) is 87.0 Å². The van der Waals surface area contributed by atoms with Crippen molar-refractivity contribution in [2.45, 2.75) is 33.4 Å². The first-order valence-corrected chi connectivity index (χ1v) is 13.4. The number of hydrogen-bond acceptors (Lipinski definition) is 5. The van der Waals surface area contributed by atoms with Crippen molar-refractivity contribution in [2.75, 3.05) is 20.3 Å². The lowest BCUT2D eigenvalue weighted by Gasteiger charge is -2.24. The minimum Gasteiger partial charge on any atom is -0.496 e. The number of carbonyl (C=O) groups is 2. The van der Waals surface area contributed by atoms with Gasteiger partial charge in [-0.25, -0.2) is 4.79 Å². The van der Waals surface area contributed by atoms with Gasteiger partial charge < -0.3 is 19.7 Å². The average Bonchev–Trinajstić information content (AvgIpc) is 3.41. The maximum absolute atomic E-state index is 13.2. The summed E-state index contributed by atoms with van der Waals surface area (Å²) in [5.74, 6) is 0.401. The molecule has 1 N–H and O–H groups in total. The molecule has 0 saturated heterocycles. The number of benzene rings is 3. The third-order valence-corrected chi connectivity index (χ3v) is 6.67. The molecule has 208 valence electrons. The van der Waals surface area contributed by atoms with Crippen LogP contribution >= 0.6 is 0 Å². The zero-order valence-corrected chi connectivity index (χ0v) is 23.5. The molecule has 8 heteroatoms. The number of aryl methyl sites for hydroxylation is 1. The Labute approximate surface area is 235 Å². The van der Waals surface area contributed by atoms with Crippen molar-refractivity contribution in [1.29, 1.82) is 0 Å². The van der Waals surface area contributed by atoms with E-state index in [0.29, 0.717) is 32.0 Å². The summed E-state index contributed by atoms with van der Waals surface area (Å²) in [6, 6.07) is 21.6. The van der Waals surface area contributed by atoms with E-state index in [1.165, 1.54) is 0 Å². The first kappa shape index (κ1) is 28.4. The zero-order valence-electron chi connectivity index (χ0n) is 23.5. The molecule has 0 aliphatic rings. The van der Waals surface area contributed by atoms with E-state index in [1.54, 1.807) is 23.6 Å². The van der Waals surface area contributed by atoms with Gasteiger partial charge in [-0.1, -0.05) is 48.5 Å². The average molecular weight is 541 g/mol. The highest BCUT2D eigenvalue weighted by atomic mass is 16.5. The molecule has 0 bridgehead atoms. The van der Waals surface area contributed by atoms with E-state index < -0.39 is 0 Å². The number of nitrogens with zero attached hydrogens (tertiary/aromatic N) is 3. The monoisotopic (exact) mass is 540 g/mol. The van der Waals surface area contributed by atoms with Crippen LogP contribution in [0.2, 0.25) is 0 Å². The van der Waals surface area contributed by atoms with Gasteiger partial charge in [-0.15, -0.1) is 0 Å². The predicted molar refractivity (Wildman–Crippen MR) is 156 cm³/mol. The Morgan fingerprint density at radius 1 is 0.950 bits per heavy atom. The first-order chi connectivity index (χ1) is 19.4. The smallest absolute Gasteiger partial charge is 0.317 e. The van der Waals surface area contributed by atoms with Gasteiger partial charge in [0.05, 0.1) is 26.3 Å². The van der Waals surface area contributed by atoms with Crippen LogP contribution in [-0.2, 0) is 36.1 Å². The standard InChI is InChI=1S/C32H36N4O4/c1-5-36(32(38)33-19-23-10-8-7-9-11-23)22-26-18-25(27-20-34-35(3)21-27)13-14-28(26)29-16-24(12-15-30(29)39-4)17-31(37)40-6-2/h7-16,18,20-21H,5-6,17,19,22H2,1-4H3,(H,33,38). The van der Waals surface area contributed by atoms with E-state index in [9.17, 15) is 9.59 Å². The molecule has 0 saturated carbocycles. The van der Waals surface area contributed by atoms with Gasteiger partial charge in [0, 0.05) is 44.0 Å². The second kappa shape index (κ2) is 13.5. The number of carbonyl (C=O) groups excluding carboxylic acids is 2. The number of amides is 2. The Kier molecular flexibility index (Phi) is 9.57. The molecule has 3 aromatic carbocycles. The van der Waals surface area contributed by atoms with E-state index in [2.05, 4.69) is 16.5 Å². The van der Waals surface area contributed by atoms with E-state index >= 15 is 0 Å². The van der Waals surface area contributed by atoms with Crippen LogP contribution in [0.5, 0.6) is 5.75 Å². The largest absolute Gasteiger partial charge is 0.496 e. The van der Waals surface area contributed by atoms with Crippen molar-refractivity contribution in [3.63, 3.8) is 0 Å². The minimum absolute atomic E-state index is 0.146. The molecular formula is C32H36N4O4. The van der Waals surface area contributed by atoms with Crippen LogP contribution < -0.4 is 10.1 Å². The molecule has 4 aromatic rings.